The molecule has 0 unspecified atom stereocenters. The van der Waals surface area contributed by atoms with E-state index in [9.17, 15) is 13.2 Å². The summed E-state index contributed by atoms with van der Waals surface area (Å²) in [5, 5.41) is 0.320. The molecule has 1 amide bonds. The average molecular weight is 472 g/mol. The molecule has 9 heteroatoms. The molecule has 3 rings (SSSR count). The van der Waals surface area contributed by atoms with Gasteiger partial charge in [0.05, 0.1) is 28.6 Å². The number of carbonyl (C=O) groups is 1. The number of nitrogens with zero attached hydrogens (tertiary/aromatic N) is 2. The van der Waals surface area contributed by atoms with Crippen molar-refractivity contribution in [2.24, 2.45) is 0 Å². The predicted octanol–water partition coefficient (Wildman–Crippen LogP) is 3.36. The minimum Gasteiger partial charge on any atom is -0.338 e. The van der Waals surface area contributed by atoms with Crippen LogP contribution in [-0.2, 0) is 14.6 Å². The second-order valence-corrected chi connectivity index (χ2v) is 11.0. The number of hydrogen-bond donors (Lipinski definition) is 1. The quantitative estimate of drug-likeness (QED) is 0.652. The van der Waals surface area contributed by atoms with Crippen LogP contribution in [0.1, 0.15) is 20.3 Å². The molecule has 1 aromatic carbocycles. The van der Waals surface area contributed by atoms with Crippen LogP contribution >= 0.6 is 27.7 Å². The number of imidazole rings is 1. The fraction of sp³-hybridized carbons (Fsp3) is 0.444. The van der Waals surface area contributed by atoms with E-state index in [2.05, 4.69) is 25.9 Å². The van der Waals surface area contributed by atoms with Gasteiger partial charge in [0.25, 0.3) is 0 Å². The predicted molar refractivity (Wildman–Crippen MR) is 111 cm³/mol. The SMILES string of the molecule is CCN(C(=O)[C@@H](C)Sc1ncc(-c2ccc(Br)cc2)[nH]1)[C@@H]1CCS(=O)(=O)C1. The number of nitrogens with one attached hydrogen (secondary N) is 1. The van der Waals surface area contributed by atoms with Gasteiger partial charge in [0, 0.05) is 17.1 Å². The van der Waals surface area contributed by atoms with Crippen LogP contribution in [0.15, 0.2) is 40.1 Å². The number of sulfone groups is 1. The number of amides is 1. The number of hydrogen-bond acceptors (Lipinski definition) is 5. The number of halogens is 1. The summed E-state index contributed by atoms with van der Waals surface area (Å²) in [6.45, 7) is 4.23. The van der Waals surface area contributed by atoms with E-state index in [1.54, 1.807) is 11.1 Å². The number of aromatic amines is 1. The molecule has 1 aliphatic heterocycles. The second kappa shape index (κ2) is 8.36. The molecule has 146 valence electrons. The topological polar surface area (TPSA) is 83.1 Å². The van der Waals surface area contributed by atoms with Crippen LogP contribution in [0.3, 0.4) is 0 Å². The smallest absolute Gasteiger partial charge is 0.236 e. The van der Waals surface area contributed by atoms with E-state index in [4.69, 9.17) is 0 Å². The van der Waals surface area contributed by atoms with Gasteiger partial charge in [-0.2, -0.15) is 0 Å². The van der Waals surface area contributed by atoms with Crippen LogP contribution in [0.25, 0.3) is 11.3 Å². The Morgan fingerprint density at radius 2 is 2.11 bits per heavy atom. The normalized spacial score (nSPS) is 19.7. The van der Waals surface area contributed by atoms with Crippen molar-refractivity contribution in [1.29, 1.82) is 0 Å². The van der Waals surface area contributed by atoms with Crippen molar-refractivity contribution in [3.8, 4) is 11.3 Å². The molecule has 2 atom stereocenters. The number of H-pyrrole nitrogens is 1. The average Bonchev–Trinajstić information content (AvgIpc) is 3.22. The zero-order valence-corrected chi connectivity index (χ0v) is 18.4. The first-order chi connectivity index (χ1) is 12.8. The van der Waals surface area contributed by atoms with Crippen molar-refractivity contribution in [3.63, 3.8) is 0 Å². The van der Waals surface area contributed by atoms with Crippen molar-refractivity contribution in [3.05, 3.63) is 34.9 Å². The van der Waals surface area contributed by atoms with E-state index in [-0.39, 0.29) is 28.7 Å². The first kappa shape index (κ1) is 20.4. The maximum absolute atomic E-state index is 12.9. The summed E-state index contributed by atoms with van der Waals surface area (Å²) in [7, 11) is -3.02. The summed E-state index contributed by atoms with van der Waals surface area (Å²) in [5.41, 5.74) is 1.90. The monoisotopic (exact) mass is 471 g/mol. The minimum atomic E-state index is -3.02. The van der Waals surface area contributed by atoms with Crippen molar-refractivity contribution < 1.29 is 13.2 Å². The molecule has 1 N–H and O–H groups in total. The highest BCUT2D eigenvalue weighted by atomic mass is 79.9. The molecule has 0 spiro atoms. The Morgan fingerprint density at radius 1 is 1.41 bits per heavy atom. The van der Waals surface area contributed by atoms with Crippen LogP contribution in [0, 0.1) is 0 Å². The third-order valence-corrected chi connectivity index (χ3v) is 7.88. The highest BCUT2D eigenvalue weighted by Gasteiger charge is 2.35. The molecule has 1 fully saturated rings. The first-order valence-corrected chi connectivity index (χ1v) is 12.3. The van der Waals surface area contributed by atoms with Gasteiger partial charge in [0.15, 0.2) is 15.0 Å². The van der Waals surface area contributed by atoms with Gasteiger partial charge in [-0.25, -0.2) is 13.4 Å². The zero-order valence-electron chi connectivity index (χ0n) is 15.2. The molecule has 2 aromatic rings. The maximum atomic E-state index is 12.9. The van der Waals surface area contributed by atoms with Crippen molar-refractivity contribution in [2.45, 2.75) is 36.7 Å². The first-order valence-electron chi connectivity index (χ1n) is 8.77. The Labute approximate surface area is 172 Å². The maximum Gasteiger partial charge on any atom is 0.236 e. The number of benzene rings is 1. The number of carbonyl (C=O) groups excluding carboxylic acids is 1. The van der Waals surface area contributed by atoms with Gasteiger partial charge in [-0.15, -0.1) is 0 Å². The van der Waals surface area contributed by atoms with E-state index < -0.39 is 9.84 Å². The largest absolute Gasteiger partial charge is 0.338 e. The van der Waals surface area contributed by atoms with E-state index >= 15 is 0 Å². The lowest BCUT2D eigenvalue weighted by molar-refractivity contribution is -0.131. The van der Waals surface area contributed by atoms with E-state index in [1.807, 2.05) is 38.1 Å². The van der Waals surface area contributed by atoms with Gasteiger partial charge in [0.2, 0.25) is 5.91 Å². The zero-order chi connectivity index (χ0) is 19.6. The lowest BCUT2D eigenvalue weighted by Crippen LogP contribution is -2.44. The Balaban J connectivity index is 1.66. The molecule has 1 aromatic heterocycles. The fourth-order valence-corrected chi connectivity index (χ4v) is 6.05. The summed E-state index contributed by atoms with van der Waals surface area (Å²) >= 11 is 4.77. The molecule has 0 radical (unpaired) electrons. The second-order valence-electron chi connectivity index (χ2n) is 6.55. The van der Waals surface area contributed by atoms with E-state index in [1.165, 1.54) is 11.8 Å². The number of thioether (sulfide) groups is 1. The summed E-state index contributed by atoms with van der Waals surface area (Å²) < 4.78 is 24.5. The highest BCUT2D eigenvalue weighted by Crippen LogP contribution is 2.27. The molecule has 1 saturated heterocycles. The molecule has 2 heterocycles. The van der Waals surface area contributed by atoms with Crippen LogP contribution in [-0.4, -0.2) is 58.5 Å². The summed E-state index contributed by atoms with van der Waals surface area (Å²) in [5.74, 6) is 0.182. The summed E-state index contributed by atoms with van der Waals surface area (Å²) in [6.07, 6.45) is 2.28. The van der Waals surface area contributed by atoms with Crippen LogP contribution in [0.5, 0.6) is 0 Å². The minimum absolute atomic E-state index is 0.0498. The van der Waals surface area contributed by atoms with Crippen molar-refractivity contribution in [2.75, 3.05) is 18.1 Å². The Morgan fingerprint density at radius 3 is 2.70 bits per heavy atom. The van der Waals surface area contributed by atoms with Crippen molar-refractivity contribution >= 4 is 43.4 Å². The van der Waals surface area contributed by atoms with E-state index in [0.717, 1.165) is 15.7 Å². The van der Waals surface area contributed by atoms with Gasteiger partial charge < -0.3 is 9.88 Å². The molecule has 0 saturated carbocycles. The summed E-state index contributed by atoms with van der Waals surface area (Å²) in [4.78, 5) is 22.2. The molecule has 27 heavy (non-hydrogen) atoms. The Bertz CT molecular complexity index is 912. The van der Waals surface area contributed by atoms with Crippen LogP contribution < -0.4 is 0 Å². The Kier molecular flexibility index (Phi) is 6.32. The van der Waals surface area contributed by atoms with Crippen molar-refractivity contribution in [1.82, 2.24) is 14.9 Å². The van der Waals surface area contributed by atoms with E-state index in [0.29, 0.717) is 18.1 Å². The number of rotatable bonds is 6. The number of aromatic nitrogens is 2. The molecule has 6 nitrogen and oxygen atoms in total. The highest BCUT2D eigenvalue weighted by molar-refractivity contribution is 9.10. The standard InChI is InChI=1S/C18H22BrN3O3S2/c1-3-22(15-8-9-27(24,25)11-15)17(23)12(2)26-18-20-10-16(21-18)13-4-6-14(19)7-5-13/h4-7,10,12,15H,3,8-9,11H2,1-2H3,(H,20,21)/t12-,15-/m1/s1. The van der Waals surface area contributed by atoms with Gasteiger partial charge in [0.1, 0.15) is 0 Å². The van der Waals surface area contributed by atoms with Gasteiger partial charge in [-0.3, -0.25) is 4.79 Å². The van der Waals surface area contributed by atoms with Gasteiger partial charge in [-0.1, -0.05) is 39.8 Å². The molecule has 0 bridgehead atoms. The summed E-state index contributed by atoms with van der Waals surface area (Å²) in [6, 6.07) is 7.68. The van der Waals surface area contributed by atoms with Crippen LogP contribution in [0.4, 0.5) is 0 Å². The fourth-order valence-electron chi connectivity index (χ4n) is 3.21. The molecular formula is C18H22BrN3O3S2. The van der Waals surface area contributed by atoms with Gasteiger partial charge in [-0.05, 0) is 38.0 Å². The molecule has 1 aliphatic rings. The molecule has 0 aliphatic carbocycles. The molecular weight excluding hydrogens is 450 g/mol. The Hall–Kier alpha value is -1.32. The lowest BCUT2D eigenvalue weighted by Gasteiger charge is -2.29. The van der Waals surface area contributed by atoms with Crippen LogP contribution in [0.2, 0.25) is 0 Å². The third kappa shape index (κ3) is 4.94. The van der Waals surface area contributed by atoms with Gasteiger partial charge >= 0.3 is 0 Å². The lowest BCUT2D eigenvalue weighted by atomic mass is 10.2. The third-order valence-electron chi connectivity index (χ3n) is 4.62.